The molecule has 0 unspecified atom stereocenters. The van der Waals surface area contributed by atoms with Gasteiger partial charge in [-0.2, -0.15) is 0 Å². The number of benzene rings is 1. The molecule has 0 amide bonds. The Morgan fingerprint density at radius 2 is 1.60 bits per heavy atom. The molecule has 1 rings (SSSR count). The molecule has 84 valence electrons. The summed E-state index contributed by atoms with van der Waals surface area (Å²) in [5.41, 5.74) is 0. The van der Waals surface area contributed by atoms with Crippen LogP contribution in [-0.4, -0.2) is 22.6 Å². The Balaban J connectivity index is 3.59. The van der Waals surface area contributed by atoms with Crippen LogP contribution >= 0.6 is 15.9 Å². The highest BCUT2D eigenvalue weighted by atomic mass is 79.9. The van der Waals surface area contributed by atoms with Gasteiger partial charge in [0, 0.05) is 4.47 Å². The van der Waals surface area contributed by atoms with Crippen LogP contribution in [0.2, 0.25) is 0 Å². The van der Waals surface area contributed by atoms with Gasteiger partial charge in [-0.05, 0) is 12.1 Å². The van der Waals surface area contributed by atoms with Crippen molar-refractivity contribution in [1.82, 2.24) is 0 Å². The van der Waals surface area contributed by atoms with Crippen LogP contribution in [-0.2, 0) is 10.0 Å². The maximum atomic E-state index is 11.3. The maximum Gasteiger partial charge on any atom is 0.245 e. The van der Waals surface area contributed by atoms with Crippen molar-refractivity contribution in [2.45, 2.75) is 4.90 Å². The molecule has 0 bridgehead atoms. The zero-order chi connectivity index (χ0) is 11.6. The molecular weight excluding hydrogens is 286 g/mol. The molecule has 0 aliphatic heterocycles. The topological polar surface area (TPSA) is 78.6 Å². The van der Waals surface area contributed by atoms with Crippen LogP contribution in [0.3, 0.4) is 0 Å². The lowest BCUT2D eigenvalue weighted by atomic mass is 10.3. The molecule has 15 heavy (non-hydrogen) atoms. The predicted molar refractivity (Wildman–Crippen MR) is 58.6 cm³/mol. The molecule has 0 heterocycles. The highest BCUT2D eigenvalue weighted by Gasteiger charge is 2.21. The summed E-state index contributed by atoms with van der Waals surface area (Å²) in [5.74, 6) is 0.285. The number of methoxy groups -OCH3 is 2. The van der Waals surface area contributed by atoms with Gasteiger partial charge in [-0.25, -0.2) is 13.6 Å². The fraction of sp³-hybridized carbons (Fsp3) is 0.250. The lowest BCUT2D eigenvalue weighted by Crippen LogP contribution is -2.14. The number of rotatable bonds is 3. The fourth-order valence-electron chi connectivity index (χ4n) is 1.13. The van der Waals surface area contributed by atoms with E-state index >= 15 is 0 Å². The zero-order valence-corrected chi connectivity index (χ0v) is 10.6. The number of primary sulfonamides is 1. The van der Waals surface area contributed by atoms with Crippen molar-refractivity contribution < 1.29 is 17.9 Å². The van der Waals surface area contributed by atoms with Crippen LogP contribution in [0.4, 0.5) is 0 Å². The minimum Gasteiger partial charge on any atom is -0.495 e. The van der Waals surface area contributed by atoms with Crippen LogP contribution < -0.4 is 14.6 Å². The Kier molecular flexibility index (Phi) is 3.58. The number of sulfonamides is 1. The molecule has 0 aliphatic carbocycles. The van der Waals surface area contributed by atoms with Gasteiger partial charge in [0.1, 0.15) is 11.5 Å². The van der Waals surface area contributed by atoms with E-state index < -0.39 is 10.0 Å². The van der Waals surface area contributed by atoms with E-state index in [1.54, 1.807) is 0 Å². The van der Waals surface area contributed by atoms with Crippen molar-refractivity contribution in [3.63, 3.8) is 0 Å². The van der Waals surface area contributed by atoms with Gasteiger partial charge in [-0.15, -0.1) is 0 Å². The van der Waals surface area contributed by atoms with Gasteiger partial charge < -0.3 is 9.47 Å². The van der Waals surface area contributed by atoms with Gasteiger partial charge in [0.05, 0.1) is 14.2 Å². The lowest BCUT2D eigenvalue weighted by Gasteiger charge is -2.11. The summed E-state index contributed by atoms with van der Waals surface area (Å²) >= 11 is 3.20. The first kappa shape index (κ1) is 12.3. The molecule has 0 radical (unpaired) electrons. The van der Waals surface area contributed by atoms with E-state index in [1.807, 2.05) is 0 Å². The molecule has 0 aliphatic rings. The van der Waals surface area contributed by atoms with E-state index in [1.165, 1.54) is 26.4 Å². The van der Waals surface area contributed by atoms with Crippen LogP contribution in [0.15, 0.2) is 21.5 Å². The Bertz CT molecular complexity index is 447. The molecule has 0 aromatic heterocycles. The minimum absolute atomic E-state index is 0.142. The van der Waals surface area contributed by atoms with Crippen LogP contribution in [0.5, 0.6) is 11.5 Å². The quantitative estimate of drug-likeness (QED) is 0.906. The van der Waals surface area contributed by atoms with Crippen molar-refractivity contribution in [3.8, 4) is 11.5 Å². The molecule has 7 heteroatoms. The molecule has 1 aromatic carbocycles. The third-order valence-electron chi connectivity index (χ3n) is 1.71. The Morgan fingerprint density at radius 1 is 1.20 bits per heavy atom. The average Bonchev–Trinajstić information content (AvgIpc) is 2.14. The normalized spacial score (nSPS) is 11.2. The molecule has 0 saturated carbocycles. The number of hydrogen-bond donors (Lipinski definition) is 1. The van der Waals surface area contributed by atoms with Gasteiger partial charge in [0.15, 0.2) is 4.90 Å². The van der Waals surface area contributed by atoms with E-state index in [4.69, 9.17) is 14.6 Å². The first-order valence-electron chi connectivity index (χ1n) is 3.84. The Hall–Kier alpha value is -0.790. The molecular formula is C8H10BrNO4S. The lowest BCUT2D eigenvalue weighted by molar-refractivity contribution is 0.373. The molecule has 0 saturated heterocycles. The second-order valence-corrected chi connectivity index (χ2v) is 5.10. The third-order valence-corrected chi connectivity index (χ3v) is 3.14. The highest BCUT2D eigenvalue weighted by molar-refractivity contribution is 9.10. The number of hydrogen-bond acceptors (Lipinski definition) is 4. The van der Waals surface area contributed by atoms with Crippen molar-refractivity contribution >= 4 is 26.0 Å². The van der Waals surface area contributed by atoms with E-state index in [-0.39, 0.29) is 16.4 Å². The summed E-state index contributed by atoms with van der Waals surface area (Å²) in [5, 5.41) is 5.06. The van der Waals surface area contributed by atoms with E-state index in [2.05, 4.69) is 15.9 Å². The summed E-state index contributed by atoms with van der Waals surface area (Å²) in [6, 6.07) is 3.00. The minimum atomic E-state index is -3.88. The third kappa shape index (κ3) is 2.61. The smallest absolute Gasteiger partial charge is 0.245 e. The monoisotopic (exact) mass is 295 g/mol. The number of nitrogens with two attached hydrogens (primary N) is 1. The van der Waals surface area contributed by atoms with Crippen molar-refractivity contribution in [3.05, 3.63) is 16.6 Å². The van der Waals surface area contributed by atoms with Gasteiger partial charge in [0.25, 0.3) is 0 Å². The Labute approximate surface area is 96.4 Å². The highest BCUT2D eigenvalue weighted by Crippen LogP contribution is 2.35. The summed E-state index contributed by atoms with van der Waals surface area (Å²) in [7, 11) is -1.16. The first-order chi connectivity index (χ1) is 6.90. The predicted octanol–water partition coefficient (Wildman–Crippen LogP) is 1.11. The van der Waals surface area contributed by atoms with Gasteiger partial charge in [-0.3, -0.25) is 0 Å². The molecule has 0 atom stereocenters. The van der Waals surface area contributed by atoms with Crippen LogP contribution in [0.25, 0.3) is 0 Å². The van der Waals surface area contributed by atoms with Gasteiger partial charge in [0.2, 0.25) is 10.0 Å². The van der Waals surface area contributed by atoms with Crippen LogP contribution in [0.1, 0.15) is 0 Å². The van der Waals surface area contributed by atoms with Crippen molar-refractivity contribution in [1.29, 1.82) is 0 Å². The maximum absolute atomic E-state index is 11.3. The fourth-order valence-corrected chi connectivity index (χ4v) is 2.39. The van der Waals surface area contributed by atoms with Gasteiger partial charge >= 0.3 is 0 Å². The van der Waals surface area contributed by atoms with E-state index in [0.29, 0.717) is 4.47 Å². The zero-order valence-electron chi connectivity index (χ0n) is 8.15. The molecule has 2 N–H and O–H groups in total. The standard InChI is InChI=1S/C8H10BrNO4S/c1-13-6-3-5(9)4-7(14-2)8(6)15(10,11)12/h3-4H,1-2H3,(H2,10,11,12). The molecule has 0 spiro atoms. The average molecular weight is 296 g/mol. The summed E-state index contributed by atoms with van der Waals surface area (Å²) in [4.78, 5) is -0.157. The number of ether oxygens (including phenoxy) is 2. The molecule has 1 aromatic rings. The summed E-state index contributed by atoms with van der Waals surface area (Å²) in [6.45, 7) is 0. The second-order valence-electron chi connectivity index (χ2n) is 2.68. The molecule has 5 nitrogen and oxygen atoms in total. The number of halogens is 1. The molecule has 0 fully saturated rings. The summed E-state index contributed by atoms with van der Waals surface area (Å²) < 4.78 is 33.1. The Morgan fingerprint density at radius 3 is 1.87 bits per heavy atom. The second kappa shape index (κ2) is 4.38. The van der Waals surface area contributed by atoms with Gasteiger partial charge in [-0.1, -0.05) is 15.9 Å². The van der Waals surface area contributed by atoms with E-state index in [0.717, 1.165) is 0 Å². The van der Waals surface area contributed by atoms with E-state index in [9.17, 15) is 8.42 Å². The first-order valence-corrected chi connectivity index (χ1v) is 6.18. The largest absolute Gasteiger partial charge is 0.495 e. The SMILES string of the molecule is COc1cc(Br)cc(OC)c1S(N)(=O)=O. The van der Waals surface area contributed by atoms with Crippen LogP contribution in [0, 0.1) is 0 Å². The van der Waals surface area contributed by atoms with Crippen molar-refractivity contribution in [2.75, 3.05) is 14.2 Å². The van der Waals surface area contributed by atoms with Crippen molar-refractivity contribution in [2.24, 2.45) is 5.14 Å². The summed E-state index contributed by atoms with van der Waals surface area (Å²) in [6.07, 6.45) is 0.